The van der Waals surface area contributed by atoms with Crippen molar-refractivity contribution < 1.29 is 17.9 Å². The molecule has 1 fully saturated rings. The van der Waals surface area contributed by atoms with Crippen molar-refractivity contribution in [3.63, 3.8) is 0 Å². The average molecular weight is 338 g/mol. The van der Waals surface area contributed by atoms with Gasteiger partial charge in [-0.1, -0.05) is 19.1 Å². The van der Waals surface area contributed by atoms with Crippen LogP contribution in [0, 0.1) is 0 Å². The fourth-order valence-electron chi connectivity index (χ4n) is 3.34. The summed E-state index contributed by atoms with van der Waals surface area (Å²) in [6.07, 6.45) is 1.44. The lowest BCUT2D eigenvalue weighted by Gasteiger charge is -2.28. The molecule has 0 spiro atoms. The van der Waals surface area contributed by atoms with E-state index in [2.05, 4.69) is 0 Å². The zero-order chi connectivity index (χ0) is 16.6. The Morgan fingerprint density at radius 2 is 1.96 bits per heavy atom. The first kappa shape index (κ1) is 16.3. The van der Waals surface area contributed by atoms with Gasteiger partial charge in [0.25, 0.3) is 0 Å². The topological polar surface area (TPSA) is 66.9 Å². The lowest BCUT2D eigenvalue weighted by atomic mass is 10.1. The Bertz CT molecular complexity index is 704. The summed E-state index contributed by atoms with van der Waals surface area (Å²) in [5, 5.41) is 0. The van der Waals surface area contributed by atoms with Gasteiger partial charge in [0.15, 0.2) is 0 Å². The Labute approximate surface area is 137 Å². The predicted octanol–water partition coefficient (Wildman–Crippen LogP) is 1.47. The minimum atomic E-state index is -3.58. The van der Waals surface area contributed by atoms with Gasteiger partial charge in [-0.15, -0.1) is 0 Å². The van der Waals surface area contributed by atoms with E-state index in [1.807, 2.05) is 11.8 Å². The highest BCUT2D eigenvalue weighted by molar-refractivity contribution is 7.89. The standard InChI is InChI=1S/C16H22N2O4S/c1-3-16(19)18-10-8-12-13(9-11-18)22-14-6-4-5-7-15(14)23(20,21)17(12)2/h4-7,12-13H,3,8-11H2,1-2H3/t12-,13-/m1/s1. The fourth-order valence-corrected chi connectivity index (χ4v) is 4.87. The van der Waals surface area contributed by atoms with E-state index in [0.717, 1.165) is 0 Å². The van der Waals surface area contributed by atoms with E-state index in [1.54, 1.807) is 31.3 Å². The summed E-state index contributed by atoms with van der Waals surface area (Å²) in [4.78, 5) is 14.0. The van der Waals surface area contributed by atoms with E-state index in [9.17, 15) is 13.2 Å². The highest BCUT2D eigenvalue weighted by Crippen LogP contribution is 2.35. The molecular formula is C16H22N2O4S. The number of carbonyl (C=O) groups is 1. The highest BCUT2D eigenvalue weighted by atomic mass is 32.2. The smallest absolute Gasteiger partial charge is 0.246 e. The molecule has 7 heteroatoms. The number of fused-ring (bicyclic) bond motifs is 2. The molecule has 2 heterocycles. The number of para-hydroxylation sites is 1. The molecule has 23 heavy (non-hydrogen) atoms. The lowest BCUT2D eigenvalue weighted by Crippen LogP contribution is -2.44. The van der Waals surface area contributed by atoms with Gasteiger partial charge in [-0.3, -0.25) is 4.79 Å². The number of nitrogens with zero attached hydrogens (tertiary/aromatic N) is 2. The van der Waals surface area contributed by atoms with Crippen LogP contribution in [0.5, 0.6) is 5.75 Å². The third-order valence-corrected chi connectivity index (χ3v) is 6.64. The molecule has 2 atom stereocenters. The van der Waals surface area contributed by atoms with Crippen LogP contribution in [0.4, 0.5) is 0 Å². The molecule has 0 aliphatic carbocycles. The van der Waals surface area contributed by atoms with Gasteiger partial charge in [0.05, 0.1) is 6.04 Å². The van der Waals surface area contributed by atoms with Crippen molar-refractivity contribution in [3.05, 3.63) is 24.3 Å². The van der Waals surface area contributed by atoms with Crippen LogP contribution in [-0.4, -0.2) is 55.8 Å². The molecule has 1 amide bonds. The van der Waals surface area contributed by atoms with Gasteiger partial charge in [-0.2, -0.15) is 4.31 Å². The van der Waals surface area contributed by atoms with E-state index in [-0.39, 0.29) is 22.9 Å². The minimum absolute atomic E-state index is 0.104. The molecule has 0 aromatic heterocycles. The Balaban J connectivity index is 1.95. The number of hydrogen-bond donors (Lipinski definition) is 0. The zero-order valence-electron chi connectivity index (χ0n) is 13.4. The first-order chi connectivity index (χ1) is 10.9. The summed E-state index contributed by atoms with van der Waals surface area (Å²) in [5.41, 5.74) is 0. The van der Waals surface area contributed by atoms with E-state index in [4.69, 9.17) is 4.74 Å². The number of amides is 1. The van der Waals surface area contributed by atoms with Crippen molar-refractivity contribution in [2.75, 3.05) is 20.1 Å². The van der Waals surface area contributed by atoms with E-state index >= 15 is 0 Å². The van der Waals surface area contributed by atoms with Crippen LogP contribution in [0.25, 0.3) is 0 Å². The molecular weight excluding hydrogens is 316 g/mol. The molecule has 1 saturated heterocycles. The quantitative estimate of drug-likeness (QED) is 0.778. The maximum absolute atomic E-state index is 12.8. The minimum Gasteiger partial charge on any atom is -0.487 e. The second kappa shape index (κ2) is 6.13. The van der Waals surface area contributed by atoms with Crippen molar-refractivity contribution in [2.45, 2.75) is 43.2 Å². The SMILES string of the molecule is CCC(=O)N1CC[C@@H]2[C@@H](CC1)Oc1ccccc1S(=O)(=O)N2C. The highest BCUT2D eigenvalue weighted by Gasteiger charge is 2.41. The van der Waals surface area contributed by atoms with E-state index in [1.165, 1.54) is 4.31 Å². The van der Waals surface area contributed by atoms with Gasteiger partial charge in [0.1, 0.15) is 16.7 Å². The van der Waals surface area contributed by atoms with Gasteiger partial charge >= 0.3 is 0 Å². The second-order valence-corrected chi connectivity index (χ2v) is 7.97. The van der Waals surface area contributed by atoms with E-state index < -0.39 is 10.0 Å². The average Bonchev–Trinajstić information content (AvgIpc) is 2.79. The molecule has 3 rings (SSSR count). The zero-order valence-corrected chi connectivity index (χ0v) is 14.3. The van der Waals surface area contributed by atoms with Crippen LogP contribution >= 0.6 is 0 Å². The lowest BCUT2D eigenvalue weighted by molar-refractivity contribution is -0.130. The first-order valence-electron chi connectivity index (χ1n) is 7.96. The summed E-state index contributed by atoms with van der Waals surface area (Å²) < 4.78 is 33.1. The summed E-state index contributed by atoms with van der Waals surface area (Å²) in [5.74, 6) is 0.509. The molecule has 1 aromatic carbocycles. The Morgan fingerprint density at radius 1 is 1.26 bits per heavy atom. The molecule has 0 saturated carbocycles. The van der Waals surface area contributed by atoms with Crippen LogP contribution in [0.2, 0.25) is 0 Å². The van der Waals surface area contributed by atoms with Crippen molar-refractivity contribution in [3.8, 4) is 5.75 Å². The summed E-state index contributed by atoms with van der Waals surface area (Å²) in [6, 6.07) is 6.50. The number of likely N-dealkylation sites (N-methyl/N-ethyl adjacent to an activating group) is 1. The van der Waals surface area contributed by atoms with Crippen molar-refractivity contribution in [1.82, 2.24) is 9.21 Å². The number of rotatable bonds is 1. The second-order valence-electron chi connectivity index (χ2n) is 6.00. The third kappa shape index (κ3) is 2.83. The predicted molar refractivity (Wildman–Crippen MR) is 85.7 cm³/mol. The third-order valence-electron chi connectivity index (χ3n) is 4.71. The summed E-state index contributed by atoms with van der Waals surface area (Å²) in [6.45, 7) is 3.01. The van der Waals surface area contributed by atoms with Crippen molar-refractivity contribution in [1.29, 1.82) is 0 Å². The van der Waals surface area contributed by atoms with Gasteiger partial charge in [0.2, 0.25) is 15.9 Å². The Morgan fingerprint density at radius 3 is 2.70 bits per heavy atom. The van der Waals surface area contributed by atoms with Crippen molar-refractivity contribution >= 4 is 15.9 Å². The normalized spacial score (nSPS) is 27.1. The van der Waals surface area contributed by atoms with Gasteiger partial charge < -0.3 is 9.64 Å². The number of ether oxygens (including phenoxy) is 1. The van der Waals surface area contributed by atoms with Gasteiger partial charge in [-0.25, -0.2) is 8.42 Å². The number of likely N-dealkylation sites (tertiary alicyclic amines) is 1. The molecule has 2 aliphatic heterocycles. The Hall–Kier alpha value is -1.60. The van der Waals surface area contributed by atoms with Crippen LogP contribution in [0.15, 0.2) is 29.2 Å². The fraction of sp³-hybridized carbons (Fsp3) is 0.562. The van der Waals surface area contributed by atoms with Crippen LogP contribution < -0.4 is 4.74 Å². The number of carbonyl (C=O) groups excluding carboxylic acids is 1. The monoisotopic (exact) mass is 338 g/mol. The molecule has 126 valence electrons. The maximum atomic E-state index is 12.8. The summed E-state index contributed by atoms with van der Waals surface area (Å²) >= 11 is 0. The van der Waals surface area contributed by atoms with Gasteiger partial charge in [0, 0.05) is 33.0 Å². The summed E-state index contributed by atoms with van der Waals surface area (Å²) in [7, 11) is -1.98. The molecule has 0 unspecified atom stereocenters. The molecule has 0 N–H and O–H groups in total. The Kier molecular flexibility index (Phi) is 4.33. The molecule has 0 bridgehead atoms. The van der Waals surface area contributed by atoms with E-state index in [0.29, 0.717) is 38.1 Å². The number of benzene rings is 1. The molecule has 2 aliphatic rings. The first-order valence-corrected chi connectivity index (χ1v) is 9.40. The number of hydrogen-bond acceptors (Lipinski definition) is 4. The van der Waals surface area contributed by atoms with Crippen molar-refractivity contribution in [2.24, 2.45) is 0 Å². The van der Waals surface area contributed by atoms with Crippen LogP contribution in [0.1, 0.15) is 26.2 Å². The maximum Gasteiger partial charge on any atom is 0.246 e. The number of sulfonamides is 1. The molecule has 0 radical (unpaired) electrons. The largest absolute Gasteiger partial charge is 0.487 e. The van der Waals surface area contributed by atoms with Crippen LogP contribution in [-0.2, 0) is 14.8 Å². The molecule has 6 nitrogen and oxygen atoms in total. The van der Waals surface area contributed by atoms with Gasteiger partial charge in [-0.05, 0) is 18.6 Å². The molecule has 1 aromatic rings. The van der Waals surface area contributed by atoms with Crippen LogP contribution in [0.3, 0.4) is 0 Å².